The van der Waals surface area contributed by atoms with Gasteiger partial charge < -0.3 is 15.0 Å². The molecule has 4 nitrogen and oxygen atoms in total. The number of amides is 1. The number of carbonyl (C=O) groups excluding carboxylic acids is 1. The Bertz CT molecular complexity index is 716. The summed E-state index contributed by atoms with van der Waals surface area (Å²) in [4.78, 5) is 14.6. The third-order valence-corrected chi connectivity index (χ3v) is 4.51. The molecule has 0 radical (unpaired) electrons. The lowest BCUT2D eigenvalue weighted by atomic mass is 10.1. The Balaban J connectivity index is 0.00000225. The molecule has 0 atom stereocenters. The Hall–Kier alpha value is -1.75. The highest BCUT2D eigenvalue weighted by atomic mass is 35.5. The molecule has 0 spiro atoms. The minimum Gasteiger partial charge on any atom is -0.490 e. The van der Waals surface area contributed by atoms with E-state index in [9.17, 15) is 4.79 Å². The van der Waals surface area contributed by atoms with Crippen molar-refractivity contribution in [1.82, 2.24) is 4.90 Å². The molecule has 2 aromatic rings. The topological polar surface area (TPSA) is 41.6 Å². The van der Waals surface area contributed by atoms with Gasteiger partial charge in [0, 0.05) is 24.8 Å². The predicted molar refractivity (Wildman–Crippen MR) is 104 cm³/mol. The fourth-order valence-corrected chi connectivity index (χ4v) is 3.01. The van der Waals surface area contributed by atoms with E-state index in [0.717, 1.165) is 31.7 Å². The van der Waals surface area contributed by atoms with Crippen LogP contribution in [0, 0.1) is 0 Å². The number of hydrogen-bond acceptors (Lipinski definition) is 3. The third-order valence-electron chi connectivity index (χ3n) is 4.18. The fourth-order valence-electron chi connectivity index (χ4n) is 2.79. The first-order valence-electron chi connectivity index (χ1n) is 8.13. The second-order valence-corrected chi connectivity index (χ2v) is 6.49. The zero-order valence-electron chi connectivity index (χ0n) is 14.1. The average Bonchev–Trinajstić information content (AvgIpc) is 2.58. The van der Waals surface area contributed by atoms with E-state index >= 15 is 0 Å². The van der Waals surface area contributed by atoms with Gasteiger partial charge in [-0.25, -0.2) is 0 Å². The van der Waals surface area contributed by atoms with Crippen LogP contribution in [0.3, 0.4) is 0 Å². The van der Waals surface area contributed by atoms with Gasteiger partial charge in [0.1, 0.15) is 11.9 Å². The number of nitrogens with zero attached hydrogens (tertiary/aromatic N) is 1. The van der Waals surface area contributed by atoms with E-state index < -0.39 is 0 Å². The van der Waals surface area contributed by atoms with Crippen molar-refractivity contribution in [2.24, 2.45) is 0 Å². The minimum absolute atomic E-state index is 0. The van der Waals surface area contributed by atoms with Crippen molar-refractivity contribution in [1.29, 1.82) is 0 Å². The van der Waals surface area contributed by atoms with Crippen LogP contribution in [0.15, 0.2) is 48.5 Å². The molecule has 1 heterocycles. The van der Waals surface area contributed by atoms with Gasteiger partial charge in [0.25, 0.3) is 5.91 Å². The SMILES string of the molecule is CN1CCC(Oc2cccc(NC(=O)c3ccccc3Cl)c2)CC1.Cl. The summed E-state index contributed by atoms with van der Waals surface area (Å²) in [5.41, 5.74) is 1.16. The molecule has 0 bridgehead atoms. The van der Waals surface area contributed by atoms with Crippen LogP contribution in [-0.4, -0.2) is 37.0 Å². The summed E-state index contributed by atoms with van der Waals surface area (Å²) in [6, 6.07) is 14.5. The largest absolute Gasteiger partial charge is 0.490 e. The molecular weight excluding hydrogens is 359 g/mol. The molecule has 3 rings (SSSR count). The monoisotopic (exact) mass is 380 g/mol. The summed E-state index contributed by atoms with van der Waals surface area (Å²) in [6.45, 7) is 2.10. The van der Waals surface area contributed by atoms with Gasteiger partial charge in [-0.2, -0.15) is 0 Å². The standard InChI is InChI=1S/C19H21ClN2O2.ClH/c1-22-11-9-15(10-12-22)24-16-6-4-5-14(13-16)21-19(23)17-7-2-3-8-18(17)20;/h2-8,13,15H,9-12H2,1H3,(H,21,23);1H. The van der Waals surface area contributed by atoms with Crippen LogP contribution < -0.4 is 10.1 Å². The minimum atomic E-state index is -0.225. The number of rotatable bonds is 4. The van der Waals surface area contributed by atoms with Crippen LogP contribution >= 0.6 is 24.0 Å². The third kappa shape index (κ3) is 5.36. The fraction of sp³-hybridized carbons (Fsp3) is 0.316. The van der Waals surface area contributed by atoms with Gasteiger partial charge >= 0.3 is 0 Å². The van der Waals surface area contributed by atoms with Gasteiger partial charge in [0.05, 0.1) is 10.6 Å². The Labute approximate surface area is 159 Å². The normalized spacial score (nSPS) is 15.3. The van der Waals surface area contributed by atoms with E-state index in [1.54, 1.807) is 24.3 Å². The maximum Gasteiger partial charge on any atom is 0.257 e. The summed E-state index contributed by atoms with van der Waals surface area (Å²) in [5, 5.41) is 3.31. The highest BCUT2D eigenvalue weighted by Crippen LogP contribution is 2.23. The van der Waals surface area contributed by atoms with E-state index in [2.05, 4.69) is 17.3 Å². The van der Waals surface area contributed by atoms with Gasteiger partial charge in [-0.05, 0) is 44.2 Å². The molecule has 1 N–H and O–H groups in total. The number of carbonyl (C=O) groups is 1. The summed E-state index contributed by atoms with van der Waals surface area (Å²) in [5.74, 6) is 0.554. The molecule has 25 heavy (non-hydrogen) atoms. The molecule has 1 amide bonds. The number of likely N-dealkylation sites (tertiary alicyclic amines) is 1. The van der Waals surface area contributed by atoms with Crippen LogP contribution in [0.1, 0.15) is 23.2 Å². The number of anilines is 1. The number of hydrogen-bond donors (Lipinski definition) is 1. The smallest absolute Gasteiger partial charge is 0.257 e. The molecule has 1 aliphatic rings. The van der Waals surface area contributed by atoms with Crippen molar-refractivity contribution >= 4 is 35.6 Å². The lowest BCUT2D eigenvalue weighted by Crippen LogP contribution is -2.35. The number of piperidine rings is 1. The molecule has 0 saturated carbocycles. The number of ether oxygens (including phenoxy) is 1. The molecule has 134 valence electrons. The van der Waals surface area contributed by atoms with Gasteiger partial charge in [-0.15, -0.1) is 12.4 Å². The number of halogens is 2. The average molecular weight is 381 g/mol. The summed E-state index contributed by atoms with van der Waals surface area (Å²) in [7, 11) is 2.13. The van der Waals surface area contributed by atoms with E-state index in [-0.39, 0.29) is 24.4 Å². The molecule has 0 aromatic heterocycles. The highest BCUT2D eigenvalue weighted by molar-refractivity contribution is 6.34. The van der Waals surface area contributed by atoms with E-state index in [4.69, 9.17) is 16.3 Å². The Kier molecular flexibility index (Phi) is 7.12. The lowest BCUT2D eigenvalue weighted by molar-refractivity contribution is 0.102. The number of nitrogens with one attached hydrogen (secondary N) is 1. The highest BCUT2D eigenvalue weighted by Gasteiger charge is 2.18. The quantitative estimate of drug-likeness (QED) is 0.849. The molecular formula is C19H22Cl2N2O2. The second-order valence-electron chi connectivity index (χ2n) is 6.08. The Morgan fingerprint density at radius 2 is 1.88 bits per heavy atom. The molecule has 1 fully saturated rings. The van der Waals surface area contributed by atoms with Crippen LogP contribution in [0.2, 0.25) is 5.02 Å². The predicted octanol–water partition coefficient (Wildman–Crippen LogP) is 4.49. The summed E-state index contributed by atoms with van der Waals surface area (Å²) >= 11 is 6.07. The zero-order valence-corrected chi connectivity index (χ0v) is 15.6. The zero-order chi connectivity index (χ0) is 16.9. The van der Waals surface area contributed by atoms with Gasteiger partial charge in [-0.3, -0.25) is 4.79 Å². The molecule has 0 aliphatic carbocycles. The molecule has 2 aromatic carbocycles. The van der Waals surface area contributed by atoms with Crippen LogP contribution in [0.5, 0.6) is 5.75 Å². The lowest BCUT2D eigenvalue weighted by Gasteiger charge is -2.29. The maximum absolute atomic E-state index is 12.3. The molecule has 1 saturated heterocycles. The van der Waals surface area contributed by atoms with Crippen LogP contribution in [0.25, 0.3) is 0 Å². The summed E-state index contributed by atoms with van der Waals surface area (Å²) in [6.07, 6.45) is 2.27. The Morgan fingerprint density at radius 1 is 1.16 bits per heavy atom. The van der Waals surface area contributed by atoms with Crippen molar-refractivity contribution in [3.05, 3.63) is 59.1 Å². The van der Waals surface area contributed by atoms with Crippen LogP contribution in [0.4, 0.5) is 5.69 Å². The first kappa shape index (κ1) is 19.6. The molecule has 1 aliphatic heterocycles. The van der Waals surface area contributed by atoms with Gasteiger partial charge in [0.2, 0.25) is 0 Å². The molecule has 6 heteroatoms. The maximum atomic E-state index is 12.3. The van der Waals surface area contributed by atoms with Crippen molar-refractivity contribution in [3.8, 4) is 5.75 Å². The summed E-state index contributed by atoms with van der Waals surface area (Å²) < 4.78 is 6.05. The van der Waals surface area contributed by atoms with Gasteiger partial charge in [-0.1, -0.05) is 29.8 Å². The first-order chi connectivity index (χ1) is 11.6. The van der Waals surface area contributed by atoms with E-state index in [0.29, 0.717) is 16.3 Å². The van der Waals surface area contributed by atoms with Crippen molar-refractivity contribution < 1.29 is 9.53 Å². The molecule has 0 unspecified atom stereocenters. The number of benzene rings is 2. The van der Waals surface area contributed by atoms with Crippen molar-refractivity contribution in [3.63, 3.8) is 0 Å². The van der Waals surface area contributed by atoms with E-state index in [1.165, 1.54) is 0 Å². The van der Waals surface area contributed by atoms with Gasteiger partial charge in [0.15, 0.2) is 0 Å². The van der Waals surface area contributed by atoms with Crippen LogP contribution in [-0.2, 0) is 0 Å². The Morgan fingerprint density at radius 3 is 2.60 bits per heavy atom. The second kappa shape index (κ2) is 9.09. The van der Waals surface area contributed by atoms with Crippen molar-refractivity contribution in [2.45, 2.75) is 18.9 Å². The first-order valence-corrected chi connectivity index (χ1v) is 8.51. The van der Waals surface area contributed by atoms with E-state index in [1.807, 2.05) is 24.3 Å². The van der Waals surface area contributed by atoms with Crippen molar-refractivity contribution in [2.75, 3.05) is 25.5 Å².